The van der Waals surface area contributed by atoms with Gasteiger partial charge in [-0.25, -0.2) is 0 Å². The maximum atomic E-state index is 12.4. The van der Waals surface area contributed by atoms with Crippen LogP contribution in [0.3, 0.4) is 0 Å². The Morgan fingerprint density at radius 1 is 0.824 bits per heavy atom. The zero-order valence-corrected chi connectivity index (χ0v) is 9.32. The molecule has 5 heteroatoms. The molecule has 0 saturated carbocycles. The van der Waals surface area contributed by atoms with Crippen LogP contribution in [0.1, 0.15) is 25.7 Å². The first-order valence-corrected chi connectivity index (χ1v) is 5.00. The van der Waals surface area contributed by atoms with Gasteiger partial charge in [-0.15, -0.1) is 13.2 Å². The Morgan fingerprint density at radius 2 is 1.18 bits per heavy atom. The van der Waals surface area contributed by atoms with Gasteiger partial charge in [0.2, 0.25) is 0 Å². The van der Waals surface area contributed by atoms with Crippen molar-refractivity contribution in [2.24, 2.45) is 0 Å². The van der Waals surface area contributed by atoms with Crippen LogP contribution in [-0.2, 0) is 4.74 Å². The minimum Gasteiger partial charge on any atom is -0.455 e. The minimum atomic E-state index is -2.09. The summed E-state index contributed by atoms with van der Waals surface area (Å²) in [5.74, 6) is -1.48. The predicted molar refractivity (Wildman–Crippen MR) is 58.4 cm³/mol. The van der Waals surface area contributed by atoms with Gasteiger partial charge in [0.1, 0.15) is 0 Å². The van der Waals surface area contributed by atoms with E-state index >= 15 is 0 Å². The number of ether oxygens (including phenoxy) is 1. The summed E-state index contributed by atoms with van der Waals surface area (Å²) in [6.45, 7) is 6.72. The Bertz CT molecular complexity index is 291. The lowest BCUT2D eigenvalue weighted by Gasteiger charge is -2.10. The summed E-state index contributed by atoms with van der Waals surface area (Å²) < 4.78 is 54.1. The monoisotopic (exact) mass is 250 g/mol. The van der Waals surface area contributed by atoms with Crippen LogP contribution >= 0.6 is 0 Å². The zero-order valence-electron chi connectivity index (χ0n) is 9.32. The van der Waals surface area contributed by atoms with Crippen LogP contribution in [0.5, 0.6) is 0 Å². The second kappa shape index (κ2) is 8.61. The summed E-state index contributed by atoms with van der Waals surface area (Å²) in [7, 11) is 0. The van der Waals surface area contributed by atoms with Crippen LogP contribution in [0, 0.1) is 0 Å². The Balaban J connectivity index is 4.71. The van der Waals surface area contributed by atoms with Crippen LogP contribution in [0.2, 0.25) is 0 Å². The van der Waals surface area contributed by atoms with Crippen molar-refractivity contribution in [1.29, 1.82) is 0 Å². The molecule has 0 spiro atoms. The maximum absolute atomic E-state index is 12.4. The van der Waals surface area contributed by atoms with E-state index < -0.39 is 23.7 Å². The molecular formula is C12H14F4O. The van der Waals surface area contributed by atoms with Crippen molar-refractivity contribution in [2.75, 3.05) is 0 Å². The lowest BCUT2D eigenvalue weighted by atomic mass is 10.2. The normalized spacial score (nSPS) is 9.41. The number of hydrogen-bond acceptors (Lipinski definition) is 1. The minimum absolute atomic E-state index is 0.156. The number of rotatable bonds is 8. The summed E-state index contributed by atoms with van der Waals surface area (Å²) in [5, 5.41) is 0. The van der Waals surface area contributed by atoms with Gasteiger partial charge < -0.3 is 4.74 Å². The molecule has 0 heterocycles. The Morgan fingerprint density at radius 3 is 1.41 bits per heavy atom. The first kappa shape index (κ1) is 15.5. The Labute approximate surface area is 97.8 Å². The molecule has 0 radical (unpaired) electrons. The van der Waals surface area contributed by atoms with E-state index in [0.29, 0.717) is 0 Å². The van der Waals surface area contributed by atoms with Gasteiger partial charge in [0.25, 0.3) is 0 Å². The molecule has 96 valence electrons. The highest BCUT2D eigenvalue weighted by atomic mass is 19.3. The highest BCUT2D eigenvalue weighted by Crippen LogP contribution is 2.24. The maximum Gasteiger partial charge on any atom is 0.308 e. The molecule has 0 bridgehead atoms. The molecule has 0 atom stereocenters. The average Bonchev–Trinajstić information content (AvgIpc) is 2.27. The smallest absolute Gasteiger partial charge is 0.308 e. The van der Waals surface area contributed by atoms with Gasteiger partial charge in [-0.2, -0.15) is 17.6 Å². The lowest BCUT2D eigenvalue weighted by molar-refractivity contribution is 0.209. The Hall–Kier alpha value is -1.52. The largest absolute Gasteiger partial charge is 0.455 e. The lowest BCUT2D eigenvalue weighted by Crippen LogP contribution is -1.96. The second-order valence-electron chi connectivity index (χ2n) is 3.12. The van der Waals surface area contributed by atoms with E-state index in [4.69, 9.17) is 0 Å². The molecule has 1 nitrogen and oxygen atoms in total. The average molecular weight is 250 g/mol. The van der Waals surface area contributed by atoms with Crippen LogP contribution in [-0.4, -0.2) is 0 Å². The number of halogens is 4. The zero-order chi connectivity index (χ0) is 13.3. The second-order valence-corrected chi connectivity index (χ2v) is 3.12. The van der Waals surface area contributed by atoms with Gasteiger partial charge >= 0.3 is 12.2 Å². The summed E-state index contributed by atoms with van der Waals surface area (Å²) >= 11 is 0. The van der Waals surface area contributed by atoms with Crippen LogP contribution in [0.4, 0.5) is 17.6 Å². The number of hydrogen-bond donors (Lipinski definition) is 0. The van der Waals surface area contributed by atoms with Crippen molar-refractivity contribution in [3.8, 4) is 0 Å². The Kier molecular flexibility index (Phi) is 7.84. The summed E-state index contributed by atoms with van der Waals surface area (Å²) in [6, 6.07) is 0. The molecular weight excluding hydrogens is 236 g/mol. The van der Waals surface area contributed by atoms with Crippen molar-refractivity contribution >= 4 is 0 Å². The molecule has 0 aliphatic heterocycles. The molecule has 17 heavy (non-hydrogen) atoms. The van der Waals surface area contributed by atoms with E-state index in [1.54, 1.807) is 0 Å². The van der Waals surface area contributed by atoms with Gasteiger partial charge in [0, 0.05) is 12.8 Å². The van der Waals surface area contributed by atoms with E-state index in [1.807, 2.05) is 0 Å². The van der Waals surface area contributed by atoms with Gasteiger partial charge in [-0.3, -0.25) is 0 Å². The molecule has 0 unspecified atom stereocenters. The fraction of sp³-hybridized carbons (Fsp3) is 0.333. The fourth-order valence-electron chi connectivity index (χ4n) is 0.983. The quantitative estimate of drug-likeness (QED) is 0.329. The molecule has 0 amide bonds. The molecule has 0 N–H and O–H groups in total. The van der Waals surface area contributed by atoms with E-state index in [9.17, 15) is 17.6 Å². The fourth-order valence-corrected chi connectivity index (χ4v) is 0.983. The van der Waals surface area contributed by atoms with Crippen molar-refractivity contribution < 1.29 is 22.3 Å². The molecule has 0 aliphatic carbocycles. The molecule has 0 rings (SSSR count). The van der Waals surface area contributed by atoms with Crippen LogP contribution in [0.25, 0.3) is 0 Å². The SMILES string of the molecule is C=CCCC(OC(CCC=C)=C(F)F)=C(F)F. The van der Waals surface area contributed by atoms with E-state index in [-0.39, 0.29) is 25.7 Å². The van der Waals surface area contributed by atoms with Gasteiger partial charge in [-0.05, 0) is 12.8 Å². The standard InChI is InChI=1S/C12H14F4O/c1-3-5-7-9(11(13)14)17-10(12(15)16)8-6-4-2/h3-4H,1-2,5-8H2. The van der Waals surface area contributed by atoms with Crippen molar-refractivity contribution in [3.63, 3.8) is 0 Å². The van der Waals surface area contributed by atoms with E-state index in [0.717, 1.165) is 0 Å². The van der Waals surface area contributed by atoms with Crippen molar-refractivity contribution in [2.45, 2.75) is 25.7 Å². The van der Waals surface area contributed by atoms with Crippen molar-refractivity contribution in [1.82, 2.24) is 0 Å². The summed E-state index contributed by atoms with van der Waals surface area (Å²) in [4.78, 5) is 0. The first-order valence-electron chi connectivity index (χ1n) is 5.00. The molecule has 0 aromatic carbocycles. The summed E-state index contributed by atoms with van der Waals surface area (Å²) in [5.41, 5.74) is 0. The first-order chi connectivity index (χ1) is 8.02. The molecule has 0 aromatic rings. The third-order valence-corrected chi connectivity index (χ3v) is 1.82. The molecule has 0 saturated heterocycles. The molecule has 0 aliphatic rings. The van der Waals surface area contributed by atoms with Crippen LogP contribution in [0.15, 0.2) is 49.0 Å². The third-order valence-electron chi connectivity index (χ3n) is 1.82. The van der Waals surface area contributed by atoms with Gasteiger partial charge in [0.05, 0.1) is 0 Å². The van der Waals surface area contributed by atoms with Gasteiger partial charge in [0.15, 0.2) is 11.5 Å². The molecule has 0 aromatic heterocycles. The summed E-state index contributed by atoms with van der Waals surface area (Å²) in [6.07, 6.45) is -1.22. The van der Waals surface area contributed by atoms with E-state index in [2.05, 4.69) is 17.9 Å². The van der Waals surface area contributed by atoms with Crippen LogP contribution < -0.4 is 0 Å². The topological polar surface area (TPSA) is 9.23 Å². The third kappa shape index (κ3) is 6.60. The highest BCUT2D eigenvalue weighted by Gasteiger charge is 2.14. The highest BCUT2D eigenvalue weighted by molar-refractivity contribution is 5.04. The van der Waals surface area contributed by atoms with Gasteiger partial charge in [-0.1, -0.05) is 12.2 Å². The molecule has 0 fully saturated rings. The predicted octanol–water partition coefficient (Wildman–Crippen LogP) is 5.15. The van der Waals surface area contributed by atoms with Crippen molar-refractivity contribution in [3.05, 3.63) is 49.0 Å². The number of allylic oxidation sites excluding steroid dienone is 4. The van der Waals surface area contributed by atoms with E-state index in [1.165, 1.54) is 12.2 Å².